The van der Waals surface area contributed by atoms with Gasteiger partial charge >= 0.3 is 35.3 Å². The van der Waals surface area contributed by atoms with E-state index in [2.05, 4.69) is 25.6 Å². The molecule has 0 aliphatic carbocycles. The molecule has 0 fully saturated rings. The van der Waals surface area contributed by atoms with Gasteiger partial charge in [-0.2, -0.15) is 4.98 Å². The maximum Gasteiger partial charge on any atom is 1.00 e. The van der Waals surface area contributed by atoms with Crippen molar-refractivity contribution < 1.29 is 40.1 Å². The molecule has 2 aromatic carbocycles. The molecule has 4 rings (SSSR count). The molecule has 0 saturated heterocycles. The molecule has 0 aliphatic rings. The van der Waals surface area contributed by atoms with Crippen LogP contribution in [0.15, 0.2) is 45.7 Å². The Morgan fingerprint density at radius 2 is 1.80 bits per heavy atom. The zero-order chi connectivity index (χ0) is 20.5. The van der Waals surface area contributed by atoms with Crippen molar-refractivity contribution in [3.63, 3.8) is 0 Å². The predicted octanol–water partition coefficient (Wildman–Crippen LogP) is 1.45. The zero-order valence-electron chi connectivity index (χ0n) is 18.6. The molecule has 0 amide bonds. The average Bonchev–Trinajstić information content (AvgIpc) is 3.05. The molecule has 0 spiro atoms. The Hall–Kier alpha value is -2.81. The van der Waals surface area contributed by atoms with Gasteiger partial charge in [-0.05, 0) is 56.2 Å². The Morgan fingerprint density at radius 3 is 2.57 bits per heavy atom. The van der Waals surface area contributed by atoms with Crippen LogP contribution >= 0.6 is 0 Å². The third-order valence-corrected chi connectivity index (χ3v) is 4.48. The molecule has 2 aromatic heterocycles. The van der Waals surface area contributed by atoms with E-state index in [4.69, 9.17) is 9.15 Å². The van der Waals surface area contributed by atoms with Gasteiger partial charge in [0.2, 0.25) is 5.95 Å². The molecular weight excluding hydrogens is 393 g/mol. The summed E-state index contributed by atoms with van der Waals surface area (Å²) in [5.74, 6) is 1.40. The van der Waals surface area contributed by atoms with E-state index in [9.17, 15) is 4.79 Å². The Labute approximate surface area is 196 Å². The van der Waals surface area contributed by atoms with Gasteiger partial charge < -0.3 is 21.2 Å². The third kappa shape index (κ3) is 4.67. The van der Waals surface area contributed by atoms with Crippen LogP contribution in [-0.2, 0) is 0 Å². The van der Waals surface area contributed by atoms with E-state index in [1.54, 1.807) is 13.3 Å². The molecule has 3 N–H and O–H groups in total. The second-order valence-electron chi connectivity index (χ2n) is 6.90. The number of anilines is 4. The van der Waals surface area contributed by atoms with Crippen LogP contribution in [0, 0.1) is 20.8 Å². The van der Waals surface area contributed by atoms with Crippen LogP contribution in [-0.4, -0.2) is 22.1 Å². The van der Waals surface area contributed by atoms with Gasteiger partial charge in [0.25, 0.3) is 0 Å². The third-order valence-electron chi connectivity index (χ3n) is 4.48. The van der Waals surface area contributed by atoms with Crippen LogP contribution in [0.4, 0.5) is 23.1 Å². The van der Waals surface area contributed by atoms with E-state index in [0.29, 0.717) is 22.9 Å². The van der Waals surface area contributed by atoms with Crippen LogP contribution in [0.25, 0.3) is 11.1 Å². The molecule has 30 heavy (non-hydrogen) atoms. The number of aromatic nitrogens is 3. The Kier molecular flexibility index (Phi) is 6.50. The summed E-state index contributed by atoms with van der Waals surface area (Å²) in [6.45, 7) is 5.80. The van der Waals surface area contributed by atoms with Gasteiger partial charge in [0.1, 0.15) is 11.6 Å². The van der Waals surface area contributed by atoms with Gasteiger partial charge in [0.05, 0.1) is 12.6 Å². The zero-order valence-corrected chi connectivity index (χ0v) is 19.6. The summed E-state index contributed by atoms with van der Waals surface area (Å²) in [5, 5.41) is 6.51. The first-order valence-electron chi connectivity index (χ1n) is 9.08. The number of H-pyrrole nitrogens is 1. The minimum atomic E-state index is -0.474. The van der Waals surface area contributed by atoms with Crippen LogP contribution in [0.3, 0.4) is 0 Å². The fraction of sp³-hybridized carbons (Fsp3) is 0.190. The number of rotatable bonds is 5. The topological polar surface area (TPSA) is 105 Å². The molecule has 0 aliphatic heterocycles. The number of hydrogen-bond acceptors (Lipinski definition) is 7. The number of aromatic amines is 1. The number of aryl methyl sites for hydroxylation is 3. The van der Waals surface area contributed by atoms with Gasteiger partial charge in [0.15, 0.2) is 5.58 Å². The number of nitrogens with zero attached hydrogens (tertiary/aromatic N) is 2. The van der Waals surface area contributed by atoms with Crippen LogP contribution in [0.5, 0.6) is 5.75 Å². The number of ether oxygens (including phenoxy) is 1. The molecule has 0 unspecified atom stereocenters. The maximum atomic E-state index is 11.5. The van der Waals surface area contributed by atoms with Crippen molar-refractivity contribution >= 4 is 34.2 Å². The van der Waals surface area contributed by atoms with Crippen molar-refractivity contribution in [3.8, 4) is 5.75 Å². The summed E-state index contributed by atoms with van der Waals surface area (Å²) in [7, 11) is 1.63. The van der Waals surface area contributed by atoms with Crippen molar-refractivity contribution in [3.05, 3.63) is 63.8 Å². The summed E-state index contributed by atoms with van der Waals surface area (Å²) in [6.07, 6.45) is 1.75. The number of oxazole rings is 1. The minimum Gasteiger partial charge on any atom is -1.00 e. The second-order valence-corrected chi connectivity index (χ2v) is 6.90. The van der Waals surface area contributed by atoms with E-state index in [0.717, 1.165) is 33.8 Å². The average molecular weight is 415 g/mol. The maximum absolute atomic E-state index is 11.5. The quantitative estimate of drug-likeness (QED) is 0.424. The van der Waals surface area contributed by atoms with Gasteiger partial charge in [-0.1, -0.05) is 0 Å². The van der Waals surface area contributed by atoms with E-state index in [1.807, 2.05) is 51.1 Å². The molecule has 150 valence electrons. The van der Waals surface area contributed by atoms with Crippen molar-refractivity contribution in [2.45, 2.75) is 20.8 Å². The van der Waals surface area contributed by atoms with Crippen LogP contribution in [0.1, 0.15) is 18.1 Å². The van der Waals surface area contributed by atoms with Gasteiger partial charge in [0, 0.05) is 29.2 Å². The molecule has 8 nitrogen and oxygen atoms in total. The van der Waals surface area contributed by atoms with E-state index in [-0.39, 0.29) is 31.0 Å². The number of nitrogens with one attached hydrogen (secondary N) is 3. The number of benzene rings is 2. The summed E-state index contributed by atoms with van der Waals surface area (Å²) in [6, 6.07) is 9.54. The largest absolute Gasteiger partial charge is 1.00 e. The van der Waals surface area contributed by atoms with Crippen LogP contribution < -0.4 is 50.7 Å². The van der Waals surface area contributed by atoms with Crippen molar-refractivity contribution in [1.82, 2.24) is 15.0 Å². The first kappa shape index (κ1) is 21.9. The smallest absolute Gasteiger partial charge is 1.00 e. The fourth-order valence-electron chi connectivity index (χ4n) is 3.14. The standard InChI is InChI=1S/C21H21N5O3.Na.H/c1-11-5-14(8-16(6-11)28-4)24-20-22-10-13(3)19(26-20)23-15-7-12(2)18-17(9-15)25-21(27)29-18;;/h5-10H,1-4H3,(H,25,27)(H2,22,23,24,26);;/q;+1;-1. The SMILES string of the molecule is COc1cc(C)cc(Nc2ncc(C)c(Nc3cc(C)c4oc(=O)[nH]c4c3)n2)c1.[H-].[Na+]. The Balaban J connectivity index is 0.00000171. The predicted molar refractivity (Wildman–Crippen MR) is 114 cm³/mol. The molecule has 4 aromatic rings. The number of methoxy groups -OCH3 is 1. The first-order chi connectivity index (χ1) is 13.9. The van der Waals surface area contributed by atoms with Gasteiger partial charge in [-0.15, -0.1) is 0 Å². The van der Waals surface area contributed by atoms with E-state index >= 15 is 0 Å². The molecular formula is C21H22N5NaO3. The number of hydrogen-bond donors (Lipinski definition) is 3. The molecule has 0 atom stereocenters. The molecule has 2 heterocycles. The van der Waals surface area contributed by atoms with Crippen LogP contribution in [0.2, 0.25) is 0 Å². The molecule has 0 saturated carbocycles. The van der Waals surface area contributed by atoms with Gasteiger partial charge in [-0.25, -0.2) is 9.78 Å². The van der Waals surface area contributed by atoms with Gasteiger partial charge in [-0.3, -0.25) is 4.98 Å². The summed E-state index contributed by atoms with van der Waals surface area (Å²) in [4.78, 5) is 23.1. The normalized spacial score (nSPS) is 10.5. The number of fused-ring (bicyclic) bond motifs is 1. The minimum absolute atomic E-state index is 0. The fourth-order valence-corrected chi connectivity index (χ4v) is 3.14. The molecule has 0 bridgehead atoms. The summed E-state index contributed by atoms with van der Waals surface area (Å²) in [5.41, 5.74) is 5.61. The monoisotopic (exact) mass is 415 g/mol. The molecule has 0 radical (unpaired) electrons. The van der Waals surface area contributed by atoms with Crippen molar-refractivity contribution in [1.29, 1.82) is 0 Å². The van der Waals surface area contributed by atoms with Crippen molar-refractivity contribution in [2.75, 3.05) is 17.7 Å². The summed E-state index contributed by atoms with van der Waals surface area (Å²) >= 11 is 0. The van der Waals surface area contributed by atoms with E-state index in [1.165, 1.54) is 0 Å². The first-order valence-corrected chi connectivity index (χ1v) is 9.08. The Bertz CT molecular complexity index is 1270. The van der Waals surface area contributed by atoms with Crippen molar-refractivity contribution in [2.24, 2.45) is 0 Å². The molecule has 9 heteroatoms. The Morgan fingerprint density at radius 1 is 1.03 bits per heavy atom. The van der Waals surface area contributed by atoms with E-state index < -0.39 is 5.76 Å². The second kappa shape index (κ2) is 8.91. The summed E-state index contributed by atoms with van der Waals surface area (Å²) < 4.78 is 10.5.